The fourth-order valence-electron chi connectivity index (χ4n) is 3.19. The van der Waals surface area contributed by atoms with Crippen molar-refractivity contribution in [2.24, 2.45) is 5.92 Å². The van der Waals surface area contributed by atoms with Crippen molar-refractivity contribution in [3.05, 3.63) is 48.6 Å². The number of nitrogens with zero attached hydrogens (tertiary/aromatic N) is 5. The lowest BCUT2D eigenvalue weighted by Gasteiger charge is -2.30. The molecule has 0 atom stereocenters. The van der Waals surface area contributed by atoms with Crippen LogP contribution in [0.1, 0.15) is 24.4 Å². The third-order valence-electron chi connectivity index (χ3n) is 4.67. The highest BCUT2D eigenvalue weighted by Gasteiger charge is 2.25. The summed E-state index contributed by atoms with van der Waals surface area (Å²) >= 11 is 0. The van der Waals surface area contributed by atoms with Gasteiger partial charge in [-0.15, -0.1) is 0 Å². The van der Waals surface area contributed by atoms with E-state index < -0.39 is 0 Å². The number of hydrogen-bond acceptors (Lipinski definition) is 7. The van der Waals surface area contributed by atoms with Crippen LogP contribution in [-0.2, 0) is 17.9 Å². The third kappa shape index (κ3) is 4.37. The van der Waals surface area contributed by atoms with Gasteiger partial charge in [-0.05, 0) is 38.1 Å². The molecule has 2 N–H and O–H groups in total. The Hall–Kier alpha value is -3.07. The van der Waals surface area contributed by atoms with E-state index in [0.717, 1.165) is 38.2 Å². The van der Waals surface area contributed by atoms with Crippen LogP contribution in [0.4, 0.5) is 0 Å². The molecule has 9 heteroatoms. The molecule has 0 spiro atoms. The summed E-state index contributed by atoms with van der Waals surface area (Å²) in [5.74, 6) is 2.12. The molecule has 0 bridgehead atoms. The van der Waals surface area contributed by atoms with Gasteiger partial charge in [0.05, 0.1) is 25.5 Å². The molecule has 0 aliphatic carbocycles. The molecule has 0 saturated carbocycles. The lowest BCUT2D eigenvalue weighted by atomic mass is 9.96. The number of furan rings is 1. The largest absolute Gasteiger partial charge is 0.468 e. The molecule has 1 amide bonds. The minimum atomic E-state index is 0.0280. The summed E-state index contributed by atoms with van der Waals surface area (Å²) in [7, 11) is 0. The molecule has 1 saturated heterocycles. The molecular weight excluding hydrogens is 346 g/mol. The Morgan fingerprint density at radius 1 is 1.33 bits per heavy atom. The van der Waals surface area contributed by atoms with Crippen LogP contribution >= 0.6 is 0 Å². The average molecular weight is 367 g/mol. The number of amides is 1. The van der Waals surface area contributed by atoms with Crippen LogP contribution in [0.2, 0.25) is 0 Å². The molecule has 140 valence electrons. The third-order valence-corrected chi connectivity index (χ3v) is 4.67. The SMILES string of the molecule is O=C(NCc1nc(-c2cnccn2)n[nH]1)C1CCN(Cc2ccco2)CC1. The van der Waals surface area contributed by atoms with Crippen molar-refractivity contribution in [3.8, 4) is 11.5 Å². The van der Waals surface area contributed by atoms with Gasteiger partial charge in [-0.1, -0.05) is 0 Å². The van der Waals surface area contributed by atoms with E-state index in [4.69, 9.17) is 4.42 Å². The fourth-order valence-corrected chi connectivity index (χ4v) is 3.19. The Labute approximate surface area is 156 Å². The van der Waals surface area contributed by atoms with E-state index in [1.54, 1.807) is 24.9 Å². The molecule has 1 aliphatic rings. The van der Waals surface area contributed by atoms with Crippen LogP contribution in [0, 0.1) is 5.92 Å². The number of carbonyl (C=O) groups is 1. The van der Waals surface area contributed by atoms with Gasteiger partial charge in [0.15, 0.2) is 0 Å². The molecule has 0 radical (unpaired) electrons. The number of hydrogen-bond donors (Lipinski definition) is 2. The predicted octanol–water partition coefficient (Wildman–Crippen LogP) is 1.38. The van der Waals surface area contributed by atoms with Gasteiger partial charge >= 0.3 is 0 Å². The molecule has 1 fully saturated rings. The lowest BCUT2D eigenvalue weighted by Crippen LogP contribution is -2.40. The van der Waals surface area contributed by atoms with Crippen LogP contribution in [-0.4, -0.2) is 49.0 Å². The molecule has 0 unspecified atom stereocenters. The van der Waals surface area contributed by atoms with Gasteiger partial charge in [0.25, 0.3) is 0 Å². The number of rotatable bonds is 6. The smallest absolute Gasteiger partial charge is 0.223 e. The van der Waals surface area contributed by atoms with E-state index in [1.807, 2.05) is 12.1 Å². The van der Waals surface area contributed by atoms with Crippen LogP contribution < -0.4 is 5.32 Å². The first-order valence-corrected chi connectivity index (χ1v) is 8.98. The van der Waals surface area contributed by atoms with E-state index in [-0.39, 0.29) is 11.8 Å². The minimum Gasteiger partial charge on any atom is -0.468 e. The first kappa shape index (κ1) is 17.3. The monoisotopic (exact) mass is 367 g/mol. The molecule has 9 nitrogen and oxygen atoms in total. The second-order valence-corrected chi connectivity index (χ2v) is 6.54. The van der Waals surface area contributed by atoms with Crippen molar-refractivity contribution in [1.29, 1.82) is 0 Å². The van der Waals surface area contributed by atoms with Gasteiger partial charge in [0.2, 0.25) is 11.7 Å². The first-order valence-electron chi connectivity index (χ1n) is 8.98. The molecule has 3 aromatic rings. The first-order chi connectivity index (χ1) is 13.3. The zero-order valence-electron chi connectivity index (χ0n) is 14.8. The predicted molar refractivity (Wildman–Crippen MR) is 96.0 cm³/mol. The molecular formula is C18H21N7O2. The highest BCUT2D eigenvalue weighted by Crippen LogP contribution is 2.19. The number of aromatic amines is 1. The van der Waals surface area contributed by atoms with Gasteiger partial charge in [0, 0.05) is 18.3 Å². The minimum absolute atomic E-state index is 0.0280. The summed E-state index contributed by atoms with van der Waals surface area (Å²) in [5, 5.41) is 9.90. The molecule has 4 rings (SSSR count). The fraction of sp³-hybridized carbons (Fsp3) is 0.389. The number of nitrogens with one attached hydrogen (secondary N) is 2. The Bertz CT molecular complexity index is 855. The summed E-state index contributed by atoms with van der Waals surface area (Å²) in [6, 6.07) is 3.88. The van der Waals surface area contributed by atoms with Gasteiger partial charge in [-0.25, -0.2) is 9.97 Å². The maximum Gasteiger partial charge on any atom is 0.223 e. The zero-order valence-corrected chi connectivity index (χ0v) is 14.8. The van der Waals surface area contributed by atoms with Crippen molar-refractivity contribution >= 4 is 5.91 Å². The van der Waals surface area contributed by atoms with E-state index in [9.17, 15) is 4.79 Å². The maximum absolute atomic E-state index is 12.4. The highest BCUT2D eigenvalue weighted by atomic mass is 16.3. The van der Waals surface area contributed by atoms with Gasteiger partial charge < -0.3 is 9.73 Å². The van der Waals surface area contributed by atoms with E-state index >= 15 is 0 Å². The van der Waals surface area contributed by atoms with Crippen LogP contribution in [0.25, 0.3) is 11.5 Å². The van der Waals surface area contributed by atoms with Crippen molar-refractivity contribution in [1.82, 2.24) is 35.4 Å². The average Bonchev–Trinajstić information content (AvgIpc) is 3.39. The molecule has 0 aromatic carbocycles. The van der Waals surface area contributed by atoms with Gasteiger partial charge in [0.1, 0.15) is 17.3 Å². The summed E-state index contributed by atoms with van der Waals surface area (Å²) in [5.41, 5.74) is 0.593. The second kappa shape index (κ2) is 8.09. The summed E-state index contributed by atoms with van der Waals surface area (Å²) < 4.78 is 5.39. The summed E-state index contributed by atoms with van der Waals surface area (Å²) in [6.45, 7) is 2.89. The van der Waals surface area contributed by atoms with Crippen molar-refractivity contribution in [2.45, 2.75) is 25.9 Å². The van der Waals surface area contributed by atoms with Crippen molar-refractivity contribution < 1.29 is 9.21 Å². The number of piperidine rings is 1. The van der Waals surface area contributed by atoms with Crippen LogP contribution in [0.5, 0.6) is 0 Å². The summed E-state index contributed by atoms with van der Waals surface area (Å²) in [4.78, 5) is 27.3. The quantitative estimate of drug-likeness (QED) is 0.677. The Morgan fingerprint density at radius 2 is 2.22 bits per heavy atom. The Morgan fingerprint density at radius 3 is 2.96 bits per heavy atom. The maximum atomic E-state index is 12.4. The second-order valence-electron chi connectivity index (χ2n) is 6.54. The molecule has 27 heavy (non-hydrogen) atoms. The van der Waals surface area contributed by atoms with E-state index in [0.29, 0.717) is 23.9 Å². The number of likely N-dealkylation sites (tertiary alicyclic amines) is 1. The Balaban J connectivity index is 1.24. The zero-order chi connectivity index (χ0) is 18.5. The topological polar surface area (TPSA) is 113 Å². The molecule has 1 aliphatic heterocycles. The van der Waals surface area contributed by atoms with Gasteiger partial charge in [-0.3, -0.25) is 19.8 Å². The normalized spacial score (nSPS) is 15.7. The van der Waals surface area contributed by atoms with E-state index in [1.165, 1.54) is 0 Å². The lowest BCUT2D eigenvalue weighted by molar-refractivity contribution is -0.126. The number of aromatic nitrogens is 5. The molecule has 3 aromatic heterocycles. The van der Waals surface area contributed by atoms with Crippen LogP contribution in [0.3, 0.4) is 0 Å². The molecule has 4 heterocycles. The highest BCUT2D eigenvalue weighted by molar-refractivity contribution is 5.78. The van der Waals surface area contributed by atoms with Crippen molar-refractivity contribution in [3.63, 3.8) is 0 Å². The van der Waals surface area contributed by atoms with E-state index in [2.05, 4.69) is 35.4 Å². The number of carbonyl (C=O) groups excluding carboxylic acids is 1. The van der Waals surface area contributed by atoms with Gasteiger partial charge in [-0.2, -0.15) is 5.10 Å². The standard InChI is InChI=1S/C18H21N7O2/c26-18(13-3-7-25(8-4-13)12-14-2-1-9-27-14)21-11-16-22-17(24-23-16)15-10-19-5-6-20-15/h1-2,5-6,9-10,13H,3-4,7-8,11-12H2,(H,21,26)(H,22,23,24). The number of H-pyrrole nitrogens is 1. The van der Waals surface area contributed by atoms with Crippen LogP contribution in [0.15, 0.2) is 41.4 Å². The van der Waals surface area contributed by atoms with Crippen molar-refractivity contribution in [2.75, 3.05) is 13.1 Å². The Kier molecular flexibility index (Phi) is 5.20. The summed E-state index contributed by atoms with van der Waals surface area (Å²) in [6.07, 6.45) is 8.15.